The van der Waals surface area contributed by atoms with Crippen LogP contribution in [0.1, 0.15) is 12.0 Å². The first-order valence-electron chi connectivity index (χ1n) is 4.40. The largest absolute Gasteiger partial charge is 0.421 e. The highest BCUT2D eigenvalue weighted by Gasteiger charge is 2.54. The second kappa shape index (κ2) is 4.84. The van der Waals surface area contributed by atoms with Gasteiger partial charge in [0.25, 0.3) is 0 Å². The highest BCUT2D eigenvalue weighted by molar-refractivity contribution is 6.34. The maximum atomic E-state index is 12.7. The third kappa shape index (κ3) is 2.91. The van der Waals surface area contributed by atoms with E-state index in [9.17, 15) is 23.1 Å². The Labute approximate surface area is 105 Å². The van der Waals surface area contributed by atoms with Crippen LogP contribution >= 0.6 is 23.2 Å². The lowest BCUT2D eigenvalue weighted by Crippen LogP contribution is -2.42. The number of aliphatic hydroxyl groups is 1. The van der Waals surface area contributed by atoms with Gasteiger partial charge >= 0.3 is 6.18 Å². The Balaban J connectivity index is 3.37. The van der Waals surface area contributed by atoms with Crippen LogP contribution in [0.4, 0.5) is 13.2 Å². The van der Waals surface area contributed by atoms with E-state index in [1.165, 1.54) is 6.07 Å². The summed E-state index contributed by atoms with van der Waals surface area (Å²) in [5, 5.41) is 9.49. The molecule has 0 fully saturated rings. The highest BCUT2D eigenvalue weighted by atomic mass is 35.5. The molecule has 1 atom stereocenters. The van der Waals surface area contributed by atoms with Crippen LogP contribution in [0.2, 0.25) is 10.0 Å². The molecule has 0 aromatic heterocycles. The number of hydrogen-bond donors (Lipinski definition) is 1. The van der Waals surface area contributed by atoms with Gasteiger partial charge in [0.15, 0.2) is 5.60 Å². The summed E-state index contributed by atoms with van der Waals surface area (Å²) in [6, 6.07) is 3.07. The van der Waals surface area contributed by atoms with Gasteiger partial charge in [0.1, 0.15) is 6.29 Å². The number of carbonyl (C=O) groups excluding carboxylic acids is 1. The van der Waals surface area contributed by atoms with Gasteiger partial charge in [0.05, 0.1) is 0 Å². The van der Waals surface area contributed by atoms with E-state index in [4.69, 9.17) is 23.2 Å². The Morgan fingerprint density at radius 2 is 1.65 bits per heavy atom. The van der Waals surface area contributed by atoms with Crippen molar-refractivity contribution in [3.63, 3.8) is 0 Å². The van der Waals surface area contributed by atoms with Crippen molar-refractivity contribution in [3.05, 3.63) is 33.8 Å². The zero-order valence-corrected chi connectivity index (χ0v) is 9.77. The fourth-order valence-electron chi connectivity index (χ4n) is 1.31. The summed E-state index contributed by atoms with van der Waals surface area (Å²) in [4.78, 5) is 10.3. The maximum Gasteiger partial charge on any atom is 0.421 e. The minimum Gasteiger partial charge on any atom is -0.376 e. The number of halogens is 5. The van der Waals surface area contributed by atoms with Crippen LogP contribution in [0, 0.1) is 0 Å². The molecule has 2 nitrogen and oxygen atoms in total. The molecule has 1 unspecified atom stereocenters. The Morgan fingerprint density at radius 1 is 1.18 bits per heavy atom. The van der Waals surface area contributed by atoms with Gasteiger partial charge in [-0.3, -0.25) is 0 Å². The van der Waals surface area contributed by atoms with Crippen molar-refractivity contribution in [2.45, 2.75) is 18.2 Å². The molecule has 17 heavy (non-hydrogen) atoms. The Bertz CT molecular complexity index is 414. The third-order valence-corrected chi connectivity index (χ3v) is 2.62. The van der Waals surface area contributed by atoms with Gasteiger partial charge in [0.2, 0.25) is 0 Å². The summed E-state index contributed by atoms with van der Waals surface area (Å²) in [6.07, 6.45) is -6.13. The molecule has 0 radical (unpaired) electrons. The average Bonchev–Trinajstić information content (AvgIpc) is 2.14. The van der Waals surface area contributed by atoms with Crippen molar-refractivity contribution in [1.29, 1.82) is 0 Å². The summed E-state index contributed by atoms with van der Waals surface area (Å²) in [5.74, 6) is 0. The van der Waals surface area contributed by atoms with Gasteiger partial charge in [0, 0.05) is 16.5 Å². The van der Waals surface area contributed by atoms with Crippen LogP contribution < -0.4 is 0 Å². The Kier molecular flexibility index (Phi) is 4.06. The molecule has 0 amide bonds. The van der Waals surface area contributed by atoms with Crippen LogP contribution in [0.3, 0.4) is 0 Å². The highest BCUT2D eigenvalue weighted by Crippen LogP contribution is 2.42. The molecule has 0 saturated heterocycles. The third-order valence-electron chi connectivity index (χ3n) is 2.19. The van der Waals surface area contributed by atoms with Gasteiger partial charge in [-0.25, -0.2) is 0 Å². The van der Waals surface area contributed by atoms with Gasteiger partial charge < -0.3 is 9.90 Å². The Morgan fingerprint density at radius 3 is 2.00 bits per heavy atom. The van der Waals surface area contributed by atoms with E-state index in [2.05, 4.69) is 0 Å². The predicted octanol–water partition coefficient (Wildman–Crippen LogP) is 3.33. The van der Waals surface area contributed by atoms with E-state index < -0.39 is 23.8 Å². The molecule has 1 aromatic carbocycles. The SMILES string of the molecule is O=CCC(O)(c1cc(Cl)cc(Cl)c1)C(F)(F)F. The van der Waals surface area contributed by atoms with E-state index in [-0.39, 0.29) is 16.3 Å². The van der Waals surface area contributed by atoms with Crippen molar-refractivity contribution in [1.82, 2.24) is 0 Å². The van der Waals surface area contributed by atoms with E-state index >= 15 is 0 Å². The van der Waals surface area contributed by atoms with Gasteiger partial charge in [-0.05, 0) is 23.8 Å². The molecule has 0 aliphatic heterocycles. The molecule has 94 valence electrons. The summed E-state index contributed by atoms with van der Waals surface area (Å²) in [7, 11) is 0. The molecule has 0 heterocycles. The Hall–Kier alpha value is -0.780. The summed E-state index contributed by atoms with van der Waals surface area (Å²) < 4.78 is 38.2. The first-order chi connectivity index (χ1) is 7.70. The molecule has 0 aliphatic carbocycles. The van der Waals surface area contributed by atoms with E-state index in [1.54, 1.807) is 0 Å². The van der Waals surface area contributed by atoms with Crippen LogP contribution in [0.15, 0.2) is 18.2 Å². The van der Waals surface area contributed by atoms with E-state index in [1.807, 2.05) is 0 Å². The molecule has 0 aliphatic rings. The smallest absolute Gasteiger partial charge is 0.376 e. The zero-order valence-electron chi connectivity index (χ0n) is 8.26. The molecule has 0 bridgehead atoms. The minimum absolute atomic E-state index is 0.0116. The van der Waals surface area contributed by atoms with Crippen LogP contribution in [-0.4, -0.2) is 17.6 Å². The van der Waals surface area contributed by atoms with Gasteiger partial charge in [-0.15, -0.1) is 0 Å². The molecule has 0 spiro atoms. The summed E-state index contributed by atoms with van der Waals surface area (Å²) in [6.45, 7) is 0. The predicted molar refractivity (Wildman–Crippen MR) is 57.1 cm³/mol. The zero-order chi connectivity index (χ0) is 13.3. The lowest BCUT2D eigenvalue weighted by molar-refractivity contribution is -0.266. The monoisotopic (exact) mass is 286 g/mol. The first kappa shape index (κ1) is 14.3. The average molecular weight is 287 g/mol. The molecule has 1 aromatic rings. The van der Waals surface area contributed by atoms with Crippen LogP contribution in [0.5, 0.6) is 0 Å². The second-order valence-electron chi connectivity index (χ2n) is 3.39. The number of rotatable bonds is 3. The van der Waals surface area contributed by atoms with E-state index in [0.717, 1.165) is 12.1 Å². The topological polar surface area (TPSA) is 37.3 Å². The first-order valence-corrected chi connectivity index (χ1v) is 5.15. The van der Waals surface area contributed by atoms with Crippen molar-refractivity contribution >= 4 is 29.5 Å². The molecular weight excluding hydrogens is 280 g/mol. The number of aldehydes is 1. The number of benzene rings is 1. The van der Waals surface area contributed by atoms with Crippen LogP contribution in [0.25, 0.3) is 0 Å². The normalized spacial score (nSPS) is 15.4. The number of carbonyl (C=O) groups is 1. The fraction of sp³-hybridized carbons (Fsp3) is 0.300. The lowest BCUT2D eigenvalue weighted by Gasteiger charge is -2.29. The van der Waals surface area contributed by atoms with Crippen molar-refractivity contribution in [3.8, 4) is 0 Å². The van der Waals surface area contributed by atoms with E-state index in [0.29, 0.717) is 0 Å². The van der Waals surface area contributed by atoms with Crippen LogP contribution in [-0.2, 0) is 10.4 Å². The van der Waals surface area contributed by atoms with Crippen molar-refractivity contribution in [2.75, 3.05) is 0 Å². The second-order valence-corrected chi connectivity index (χ2v) is 4.26. The summed E-state index contributed by atoms with van der Waals surface area (Å²) >= 11 is 11.1. The fourth-order valence-corrected chi connectivity index (χ4v) is 1.84. The molecule has 1 N–H and O–H groups in total. The number of alkyl halides is 3. The molecule has 7 heteroatoms. The molecule has 0 saturated carbocycles. The standard InChI is InChI=1S/C10H7Cl2F3O2/c11-7-3-6(4-8(12)5-7)9(17,1-2-16)10(13,14)15/h2-5,17H,1H2. The quantitative estimate of drug-likeness (QED) is 0.866. The minimum atomic E-state index is -5.00. The van der Waals surface area contributed by atoms with Gasteiger partial charge in [-0.2, -0.15) is 13.2 Å². The van der Waals surface area contributed by atoms with Gasteiger partial charge in [-0.1, -0.05) is 23.2 Å². The van der Waals surface area contributed by atoms with Crippen molar-refractivity contribution < 1.29 is 23.1 Å². The molecular formula is C10H7Cl2F3O2. The van der Waals surface area contributed by atoms with Crippen molar-refractivity contribution in [2.24, 2.45) is 0 Å². The lowest BCUT2D eigenvalue weighted by atomic mass is 9.90. The number of hydrogen-bond acceptors (Lipinski definition) is 2. The summed E-state index contributed by atoms with van der Waals surface area (Å²) in [5.41, 5.74) is -3.84. The molecule has 1 rings (SSSR count). The maximum absolute atomic E-state index is 12.7.